The normalized spacial score (nSPS) is 24.5. The van der Waals surface area contributed by atoms with Gasteiger partial charge < -0.3 is 84.1 Å². The van der Waals surface area contributed by atoms with Gasteiger partial charge in [0.15, 0.2) is 23.1 Å². The first-order valence-corrected chi connectivity index (χ1v) is 52.9. The van der Waals surface area contributed by atoms with E-state index in [-0.39, 0.29) is 149 Å². The number of hydrogen-bond acceptors (Lipinski definition) is 28. The smallest absolute Gasteiger partial charge is 0.418 e. The topological polar surface area (TPSA) is 539 Å². The van der Waals surface area contributed by atoms with Gasteiger partial charge in [-0.15, -0.1) is 4.28 Å². The van der Waals surface area contributed by atoms with E-state index in [1.165, 1.54) is 107 Å². The molecule has 12 aliphatic rings. The number of hydrogen-bond donors (Lipinski definition) is 7. The summed E-state index contributed by atoms with van der Waals surface area (Å²) in [5, 5.41) is 26.5. The second-order valence-electron chi connectivity index (χ2n) is 41.5. The number of carbonyl (C=O) groups excluding carboxylic acids is 15. The Bertz CT molecular complexity index is 4670. The average molecular weight is 2030 g/mol. The van der Waals surface area contributed by atoms with Crippen molar-refractivity contribution in [3.05, 3.63) is 35.9 Å². The van der Waals surface area contributed by atoms with Gasteiger partial charge in [0.2, 0.25) is 34.0 Å². The minimum absolute atomic E-state index is 0.0356. The van der Waals surface area contributed by atoms with Gasteiger partial charge in [0.25, 0.3) is 0 Å². The number of piperidine rings is 8. The maximum absolute atomic E-state index is 12.9. The Labute approximate surface area is 828 Å². The SMILES string of the molecule is CC(C)(C)OC(=O)N1CCC[C@@H](C(=O)CNC(=O)[C@@H]2CC[C@@H]3CN2C(=O)N3O)C1.CC(C)(C)OC(=O)N1CCC[C@@H](C(=O)CNC(=O)[C@@H]2CC[C@@H]3CN2C(=O)N3OCc2ccccc2)C1.CC(C)(C)OC(=O)N1CCC[C@@H](C(=O)CNC(=O)[C@@H]2CC[C@@H]3CN2C(=O)N3OS(=O)(=O)[O-])C1.CCCC[N+](CCCC)(CCCC)CCCC.O=C(CNC(=O)[C@@H]1CC[C@@H]2CN1C(=O)N2OS(=O)(=O)O)[C@@H]1CCCNC1. The number of quaternary nitrogens is 1. The number of likely N-dealkylation sites (tertiary alicyclic amines) is 3. The van der Waals surface area contributed by atoms with Crippen LogP contribution in [0.15, 0.2) is 30.3 Å². The lowest BCUT2D eigenvalue weighted by molar-refractivity contribution is -0.929. The van der Waals surface area contributed by atoms with Crippen LogP contribution in [0, 0.1) is 23.7 Å². The van der Waals surface area contributed by atoms with Crippen LogP contribution in [0.3, 0.4) is 0 Å². The van der Waals surface area contributed by atoms with Gasteiger partial charge in [-0.05, 0) is 203 Å². The quantitative estimate of drug-likeness (QED) is 0.0115. The van der Waals surface area contributed by atoms with Crippen LogP contribution in [0.5, 0.6) is 0 Å². The van der Waals surface area contributed by atoms with Gasteiger partial charge in [-0.3, -0.25) is 53.0 Å². The molecule has 0 unspecified atom stereocenters. The van der Waals surface area contributed by atoms with Crippen LogP contribution >= 0.6 is 0 Å². The first-order chi connectivity index (χ1) is 66.4. The first kappa shape index (κ1) is 115. The number of nitrogens with zero attached hydrogens (tertiary/aromatic N) is 12. The van der Waals surface area contributed by atoms with Crippen LogP contribution in [-0.4, -0.2) is 375 Å². The number of amides is 15. The summed E-state index contributed by atoms with van der Waals surface area (Å²) in [5.41, 5.74) is -0.886. The molecule has 1 aromatic rings. The molecule has 1 aromatic carbocycles. The average Bonchev–Trinajstić information content (AvgIpc) is 1.62. The van der Waals surface area contributed by atoms with E-state index >= 15 is 0 Å². The number of urea groups is 4. The number of Topliss-reactive ketones (excluding diaryl/α,β-unsaturated/α-hetero) is 4. The molecular weight excluding hydrogens is 1880 g/mol. The number of carbonyl (C=O) groups is 15. The maximum Gasteiger partial charge on any atom is 0.418 e. The van der Waals surface area contributed by atoms with Crippen LogP contribution in [0.1, 0.15) is 250 Å². The third kappa shape index (κ3) is 34.2. The number of benzene rings is 1. The van der Waals surface area contributed by atoms with E-state index in [4.69, 9.17) is 23.6 Å². The number of unbranched alkanes of at least 4 members (excludes halogenated alkanes) is 4. The van der Waals surface area contributed by atoms with Crippen LogP contribution in [0.2, 0.25) is 0 Å². The standard InChI is InChI=1S/C26H36N4O6.C19H30N4O9S.C19H30N4O6.C16H36N.C14H22N4O7S/c1-26(2,3)36-25(34)28-13-7-10-19(15-28)22(31)14-27-23(32)21-12-11-20-16-29(21)24(33)30(20)35-17-18-8-5-4-6-9-18;1-19(2,3)31-18(27)21-8-4-5-12(10-21)15(24)9-20-16(25)14-7-6-13-11-22(14)17(26)23(13)32-33(28,29)30;1-19(2,3)29-18(27)21-8-4-5-12(10-21)15(24)9-20-16(25)14-7-6-13-11-22(14)17(26)23(13)28;1-5-9-13-17(14-10-6-2,15-11-7-3)16-12-8-4;19-12(9-2-1-5-15-6-9)7-16-13(20)11-4-3-10-8-17(11)14(21)18(10)25-26(22,23)24/h4-6,8-9,19-21H,7,10-17H2,1-3H3,(H,27,32);12-14H,4-11H2,1-3H3,(H,20,25)(H,28,29,30);12-14,28H,4-11H2,1-3H3,(H,20,25);5-16H2,1-4H3;9-11,15H,1-8H2,(H,16,20)(H,22,23,24)/q;;;+1;/p-1/t19-,20-,21+;2*12-,13-,14+;;9-,10-,11+/m111.1/s1. The summed E-state index contributed by atoms with van der Waals surface area (Å²) < 4.78 is 89.2. The number of nitrogens with one attached hydrogen (secondary N) is 5. The molecule has 0 aliphatic carbocycles. The highest BCUT2D eigenvalue weighted by molar-refractivity contribution is 7.81. The molecule has 12 saturated heterocycles. The number of hydroxylamine groups is 8. The first-order valence-electron chi connectivity index (χ1n) is 50.2. The minimum Gasteiger partial charge on any atom is -0.724 e. The van der Waals surface area contributed by atoms with Gasteiger partial charge in [0.05, 0.1) is 76.5 Å². The molecule has 141 heavy (non-hydrogen) atoms. The summed E-state index contributed by atoms with van der Waals surface area (Å²) in [6.45, 7) is 35.5. The van der Waals surface area contributed by atoms with E-state index in [2.05, 4.69) is 62.8 Å². The lowest BCUT2D eigenvalue weighted by atomic mass is 9.93. The molecule has 12 aliphatic heterocycles. The van der Waals surface area contributed by atoms with Gasteiger partial charge in [-0.2, -0.15) is 27.9 Å². The summed E-state index contributed by atoms with van der Waals surface area (Å²) >= 11 is 0. The molecule has 8 bridgehead atoms. The van der Waals surface area contributed by atoms with E-state index in [9.17, 15) is 98.5 Å². The Morgan fingerprint density at radius 3 is 1.06 bits per heavy atom. The van der Waals surface area contributed by atoms with Gasteiger partial charge >= 0.3 is 52.8 Å². The van der Waals surface area contributed by atoms with Crippen molar-refractivity contribution in [2.45, 2.75) is 316 Å². The number of ether oxygens (including phenoxy) is 3. The second-order valence-corrected chi connectivity index (χ2v) is 43.5. The highest BCUT2D eigenvalue weighted by atomic mass is 32.3. The Kier molecular flexibility index (Phi) is 42.5. The van der Waals surface area contributed by atoms with Crippen molar-refractivity contribution < 1.29 is 135 Å². The zero-order chi connectivity index (χ0) is 104. The lowest BCUT2D eigenvalue weighted by Gasteiger charge is -2.39. The van der Waals surface area contributed by atoms with Gasteiger partial charge in [0, 0.05) is 95.7 Å². The summed E-state index contributed by atoms with van der Waals surface area (Å²) in [5.74, 6) is -3.55. The minimum atomic E-state index is -5.13. The van der Waals surface area contributed by atoms with Crippen molar-refractivity contribution in [2.75, 3.05) is 131 Å². The van der Waals surface area contributed by atoms with Crippen LogP contribution in [0.4, 0.5) is 33.6 Å². The zero-order valence-corrected chi connectivity index (χ0v) is 86.0. The summed E-state index contributed by atoms with van der Waals surface area (Å²) in [7, 11) is -9.95. The highest BCUT2D eigenvalue weighted by Crippen LogP contribution is 2.36. The predicted molar refractivity (Wildman–Crippen MR) is 508 cm³/mol. The van der Waals surface area contributed by atoms with E-state index in [1.807, 2.05) is 30.3 Å². The fourth-order valence-electron chi connectivity index (χ4n) is 19.6. The Hall–Kier alpha value is -9.75. The van der Waals surface area contributed by atoms with Crippen LogP contribution in [0.25, 0.3) is 0 Å². The lowest BCUT2D eigenvalue weighted by Crippen LogP contribution is -2.51. The number of ketones is 4. The molecule has 15 amide bonds. The van der Waals surface area contributed by atoms with Crippen molar-refractivity contribution in [1.82, 2.24) is 81.1 Å². The molecule has 0 spiro atoms. The number of fused-ring (bicyclic) bond motifs is 8. The van der Waals surface area contributed by atoms with E-state index in [0.717, 1.165) is 29.8 Å². The molecule has 12 heterocycles. The molecule has 12 atom stereocenters. The monoisotopic (exact) mass is 2030 g/mol. The summed E-state index contributed by atoms with van der Waals surface area (Å²) in [6, 6.07) is 2.47. The molecule has 0 saturated carbocycles. The predicted octanol–water partition coefficient (Wildman–Crippen LogP) is 7.35. The van der Waals surface area contributed by atoms with Gasteiger partial charge in [-0.1, -0.05) is 83.7 Å². The fraction of sp³-hybridized carbons (Fsp3) is 0.777. The molecule has 47 heteroatoms. The fourth-order valence-corrected chi connectivity index (χ4v) is 20.4. The van der Waals surface area contributed by atoms with Crippen LogP contribution < -0.4 is 26.6 Å². The van der Waals surface area contributed by atoms with E-state index < -0.39 is 128 Å². The molecular formula is C94H153N17O28S2. The third-order valence-corrected chi connectivity index (χ3v) is 27.8. The molecule has 13 rings (SSSR count). The van der Waals surface area contributed by atoms with Crippen molar-refractivity contribution in [2.24, 2.45) is 23.7 Å². The Morgan fingerprint density at radius 2 is 0.730 bits per heavy atom. The van der Waals surface area contributed by atoms with Crippen molar-refractivity contribution >= 4 is 110 Å². The largest absolute Gasteiger partial charge is 0.724 e. The molecule has 7 N–H and O–H groups in total. The molecule has 45 nitrogen and oxygen atoms in total. The van der Waals surface area contributed by atoms with Crippen molar-refractivity contribution in [3.63, 3.8) is 0 Å². The number of rotatable bonds is 35. The Balaban J connectivity index is 0.000000200. The zero-order valence-electron chi connectivity index (χ0n) is 84.3. The van der Waals surface area contributed by atoms with Gasteiger partial charge in [-0.25, -0.2) is 47.0 Å². The second kappa shape index (κ2) is 52.2. The Morgan fingerprint density at radius 1 is 0.418 bits per heavy atom. The third-order valence-electron chi connectivity index (χ3n) is 27.1. The summed E-state index contributed by atoms with van der Waals surface area (Å²) in [4.78, 5) is 203. The maximum atomic E-state index is 12.9. The molecule has 0 aromatic heterocycles. The van der Waals surface area contributed by atoms with E-state index in [1.54, 1.807) is 72.1 Å². The molecule has 12 fully saturated rings. The molecule has 0 radical (unpaired) electrons. The van der Waals surface area contributed by atoms with Crippen molar-refractivity contribution in [1.29, 1.82) is 0 Å². The van der Waals surface area contributed by atoms with Crippen LogP contribution in [-0.2, 0) is 93.4 Å². The summed E-state index contributed by atoms with van der Waals surface area (Å²) in [6.07, 6.45) is 18.7. The highest BCUT2D eigenvalue weighted by Gasteiger charge is 2.54. The molecule has 794 valence electrons. The van der Waals surface area contributed by atoms with Crippen molar-refractivity contribution in [3.8, 4) is 0 Å². The van der Waals surface area contributed by atoms with E-state index in [0.29, 0.717) is 132 Å². The van der Waals surface area contributed by atoms with Gasteiger partial charge in [0.1, 0.15) is 47.6 Å².